The van der Waals surface area contributed by atoms with Gasteiger partial charge in [0.1, 0.15) is 5.82 Å². The number of rotatable bonds is 6. The molecule has 1 fully saturated rings. The molecular formula is C27H30FN5O2. The maximum atomic E-state index is 13.4. The van der Waals surface area contributed by atoms with Crippen LogP contribution in [0.5, 0.6) is 0 Å². The number of piperidine rings is 1. The number of benzene rings is 2. The van der Waals surface area contributed by atoms with Crippen molar-refractivity contribution in [2.45, 2.75) is 44.6 Å². The molecule has 2 aliphatic rings. The van der Waals surface area contributed by atoms with Gasteiger partial charge in [-0.2, -0.15) is 5.10 Å². The summed E-state index contributed by atoms with van der Waals surface area (Å²) in [5, 5.41) is 10.8. The molecule has 1 aliphatic carbocycles. The minimum Gasteiger partial charge on any atom is -0.348 e. The van der Waals surface area contributed by atoms with E-state index < -0.39 is 0 Å². The van der Waals surface area contributed by atoms with Gasteiger partial charge in [0, 0.05) is 36.1 Å². The third-order valence-electron chi connectivity index (χ3n) is 6.81. The Balaban J connectivity index is 1.19. The van der Waals surface area contributed by atoms with Gasteiger partial charge in [-0.1, -0.05) is 18.2 Å². The van der Waals surface area contributed by atoms with Crippen LogP contribution in [0.15, 0.2) is 54.6 Å². The van der Waals surface area contributed by atoms with Gasteiger partial charge in [-0.05, 0) is 74.9 Å². The van der Waals surface area contributed by atoms with Crippen LogP contribution in [0.1, 0.15) is 47.4 Å². The zero-order valence-corrected chi connectivity index (χ0v) is 19.7. The fourth-order valence-electron chi connectivity index (χ4n) is 4.99. The third kappa shape index (κ3) is 5.43. The Labute approximate surface area is 204 Å². The largest absolute Gasteiger partial charge is 0.348 e. The van der Waals surface area contributed by atoms with Crippen molar-refractivity contribution in [3.8, 4) is 5.69 Å². The quantitative estimate of drug-likeness (QED) is 0.570. The summed E-state index contributed by atoms with van der Waals surface area (Å²) >= 11 is 0. The number of para-hydroxylation sites is 1. The van der Waals surface area contributed by atoms with Crippen LogP contribution in [-0.2, 0) is 17.6 Å². The van der Waals surface area contributed by atoms with Crippen LogP contribution in [-0.4, -0.2) is 52.2 Å². The summed E-state index contributed by atoms with van der Waals surface area (Å²) in [6, 6.07) is 15.7. The van der Waals surface area contributed by atoms with Crippen molar-refractivity contribution in [3.63, 3.8) is 0 Å². The molecule has 1 saturated heterocycles. The number of anilines is 1. The van der Waals surface area contributed by atoms with Gasteiger partial charge in [-0.25, -0.2) is 9.07 Å². The number of nitrogens with one attached hydrogen (secondary N) is 2. The van der Waals surface area contributed by atoms with E-state index >= 15 is 0 Å². The Kier molecular flexibility index (Phi) is 6.90. The second-order valence-electron chi connectivity index (χ2n) is 9.31. The van der Waals surface area contributed by atoms with Crippen molar-refractivity contribution in [3.05, 3.63) is 77.4 Å². The maximum absolute atomic E-state index is 13.4. The van der Waals surface area contributed by atoms with Crippen molar-refractivity contribution in [2.24, 2.45) is 0 Å². The number of hydrogen-bond donors (Lipinski definition) is 2. The molecule has 0 saturated carbocycles. The van der Waals surface area contributed by atoms with E-state index in [4.69, 9.17) is 0 Å². The van der Waals surface area contributed by atoms with E-state index in [0.717, 1.165) is 74.2 Å². The van der Waals surface area contributed by atoms with Crippen LogP contribution < -0.4 is 10.6 Å². The van der Waals surface area contributed by atoms with Gasteiger partial charge < -0.3 is 10.6 Å². The Morgan fingerprint density at radius 2 is 1.69 bits per heavy atom. The summed E-state index contributed by atoms with van der Waals surface area (Å²) in [5.41, 5.74) is 4.10. The van der Waals surface area contributed by atoms with E-state index in [-0.39, 0.29) is 23.7 Å². The second kappa shape index (κ2) is 10.4. The molecule has 0 bridgehead atoms. The van der Waals surface area contributed by atoms with Gasteiger partial charge in [0.05, 0.1) is 12.2 Å². The highest BCUT2D eigenvalue weighted by molar-refractivity contribution is 5.94. The highest BCUT2D eigenvalue weighted by Crippen LogP contribution is 2.27. The number of halogens is 1. The van der Waals surface area contributed by atoms with Crippen LogP contribution >= 0.6 is 0 Å². The predicted octanol–water partition coefficient (Wildman–Crippen LogP) is 3.72. The van der Waals surface area contributed by atoms with E-state index in [1.807, 2.05) is 30.3 Å². The average molecular weight is 476 g/mol. The monoisotopic (exact) mass is 475 g/mol. The summed E-state index contributed by atoms with van der Waals surface area (Å²) in [7, 11) is 0. The average Bonchev–Trinajstić information content (AvgIpc) is 3.26. The molecule has 5 rings (SSSR count). The number of fused-ring (bicyclic) bond motifs is 1. The zero-order chi connectivity index (χ0) is 24.2. The first kappa shape index (κ1) is 23.2. The lowest BCUT2D eigenvalue weighted by atomic mass is 9.95. The molecule has 0 unspecified atom stereocenters. The first-order chi connectivity index (χ1) is 17.1. The van der Waals surface area contributed by atoms with Crippen LogP contribution in [0.25, 0.3) is 5.69 Å². The van der Waals surface area contributed by atoms with Gasteiger partial charge in [0.2, 0.25) is 5.91 Å². The molecule has 0 spiro atoms. The number of carbonyl (C=O) groups excluding carboxylic acids is 2. The number of likely N-dealkylation sites (tertiary alicyclic amines) is 1. The number of hydrogen-bond acceptors (Lipinski definition) is 4. The molecule has 0 atom stereocenters. The van der Waals surface area contributed by atoms with Crippen LogP contribution in [0.4, 0.5) is 10.1 Å². The van der Waals surface area contributed by atoms with Crippen molar-refractivity contribution >= 4 is 17.5 Å². The minimum atomic E-state index is -0.295. The van der Waals surface area contributed by atoms with Gasteiger partial charge in [-0.3, -0.25) is 14.5 Å². The van der Waals surface area contributed by atoms with Crippen molar-refractivity contribution < 1.29 is 14.0 Å². The lowest BCUT2D eigenvalue weighted by Crippen LogP contribution is -2.46. The Hall–Kier alpha value is -3.52. The van der Waals surface area contributed by atoms with E-state index in [2.05, 4.69) is 20.6 Å². The summed E-state index contributed by atoms with van der Waals surface area (Å²) < 4.78 is 15.2. The highest BCUT2D eigenvalue weighted by atomic mass is 19.1. The number of nitrogens with zero attached hydrogens (tertiary/aromatic N) is 3. The molecule has 8 heteroatoms. The topological polar surface area (TPSA) is 79.3 Å². The molecule has 182 valence electrons. The Bertz CT molecular complexity index is 1180. The Morgan fingerprint density at radius 3 is 2.43 bits per heavy atom. The van der Waals surface area contributed by atoms with Crippen molar-refractivity contribution in [2.75, 3.05) is 25.0 Å². The fourth-order valence-corrected chi connectivity index (χ4v) is 4.99. The molecule has 2 N–H and O–H groups in total. The van der Waals surface area contributed by atoms with Crippen LogP contribution in [0.2, 0.25) is 0 Å². The number of aromatic nitrogens is 2. The smallest absolute Gasteiger partial charge is 0.272 e. The lowest BCUT2D eigenvalue weighted by molar-refractivity contribution is -0.117. The van der Waals surface area contributed by atoms with Crippen molar-refractivity contribution in [1.82, 2.24) is 20.0 Å². The molecule has 7 nitrogen and oxygen atoms in total. The van der Waals surface area contributed by atoms with Gasteiger partial charge in [0.25, 0.3) is 5.91 Å². The molecule has 2 heterocycles. The molecule has 2 aromatic carbocycles. The van der Waals surface area contributed by atoms with Crippen LogP contribution in [0, 0.1) is 5.82 Å². The standard InChI is InChI=1S/C27H30FN5O2/c28-19-10-12-22(13-11-19)33-24-9-5-4-8-23(24)26(31-33)27(35)30-21-14-16-32(17-15-21)18-25(34)29-20-6-2-1-3-7-20/h1-3,6-7,10-13,21H,4-5,8-9,14-18H2,(H,29,34)(H,30,35). The lowest BCUT2D eigenvalue weighted by Gasteiger charge is -2.31. The summed E-state index contributed by atoms with van der Waals surface area (Å²) in [4.78, 5) is 27.7. The fraction of sp³-hybridized carbons (Fsp3) is 0.370. The summed E-state index contributed by atoms with van der Waals surface area (Å²) in [5.74, 6) is -0.474. The zero-order valence-electron chi connectivity index (χ0n) is 19.7. The van der Waals surface area contributed by atoms with E-state index in [0.29, 0.717) is 12.2 Å². The molecule has 1 aliphatic heterocycles. The summed E-state index contributed by atoms with van der Waals surface area (Å²) in [6.45, 7) is 1.83. The molecule has 35 heavy (non-hydrogen) atoms. The first-order valence-corrected chi connectivity index (χ1v) is 12.3. The summed E-state index contributed by atoms with van der Waals surface area (Å²) in [6.07, 6.45) is 5.34. The highest BCUT2D eigenvalue weighted by Gasteiger charge is 2.28. The van der Waals surface area contributed by atoms with Crippen LogP contribution in [0.3, 0.4) is 0 Å². The minimum absolute atomic E-state index is 0.0309. The molecule has 1 aromatic heterocycles. The molecule has 2 amide bonds. The normalized spacial score (nSPS) is 16.5. The van der Waals surface area contributed by atoms with E-state index in [1.165, 1.54) is 12.1 Å². The van der Waals surface area contributed by atoms with Gasteiger partial charge in [-0.15, -0.1) is 0 Å². The predicted molar refractivity (Wildman–Crippen MR) is 132 cm³/mol. The number of amides is 2. The first-order valence-electron chi connectivity index (χ1n) is 12.3. The second-order valence-corrected chi connectivity index (χ2v) is 9.31. The SMILES string of the molecule is O=C(CN1CCC(NC(=O)c2nn(-c3ccc(F)cc3)c3c2CCCC3)CC1)Nc1ccccc1. The maximum Gasteiger partial charge on any atom is 0.272 e. The van der Waals surface area contributed by atoms with Gasteiger partial charge >= 0.3 is 0 Å². The van der Waals surface area contributed by atoms with Crippen molar-refractivity contribution in [1.29, 1.82) is 0 Å². The van der Waals surface area contributed by atoms with E-state index in [1.54, 1.807) is 16.8 Å². The molecular weight excluding hydrogens is 445 g/mol. The van der Waals surface area contributed by atoms with E-state index in [9.17, 15) is 14.0 Å². The molecule has 3 aromatic rings. The third-order valence-corrected chi connectivity index (χ3v) is 6.81. The number of carbonyl (C=O) groups is 2. The Morgan fingerprint density at radius 1 is 0.971 bits per heavy atom. The molecule has 0 radical (unpaired) electrons. The van der Waals surface area contributed by atoms with Gasteiger partial charge in [0.15, 0.2) is 5.69 Å².